The monoisotopic (exact) mass is 341 g/mol. The minimum atomic E-state index is -4.76. The topological polar surface area (TPSA) is 41.5 Å². The maximum absolute atomic E-state index is 12.3. The lowest BCUT2D eigenvalue weighted by Crippen LogP contribution is -2.32. The fourth-order valence-corrected chi connectivity index (χ4v) is 1.60. The van der Waals surface area contributed by atoms with Crippen LogP contribution in [0.4, 0.5) is 18.9 Å². The van der Waals surface area contributed by atoms with Gasteiger partial charge in [0.2, 0.25) is 0 Å². The Balaban J connectivity index is 2.88. The molecule has 0 aliphatic rings. The summed E-state index contributed by atoms with van der Waals surface area (Å²) in [4.78, 5) is 0. The highest BCUT2D eigenvalue weighted by molar-refractivity contribution is 9.10. The van der Waals surface area contributed by atoms with Crippen LogP contribution in [0.3, 0.4) is 0 Å². The lowest BCUT2D eigenvalue weighted by atomic mass is 10.0. The molecule has 0 spiro atoms. The number of rotatable bonds is 5. The summed E-state index contributed by atoms with van der Waals surface area (Å²) in [7, 11) is 0. The zero-order valence-electron chi connectivity index (χ0n) is 10.5. The van der Waals surface area contributed by atoms with Crippen LogP contribution in [0.15, 0.2) is 22.7 Å². The molecule has 0 radical (unpaired) electrons. The van der Waals surface area contributed by atoms with E-state index in [1.807, 2.05) is 0 Å². The fraction of sp³-hybridized carbons (Fsp3) is 0.500. The maximum atomic E-state index is 12.3. The quantitative estimate of drug-likeness (QED) is 0.852. The van der Waals surface area contributed by atoms with Crippen molar-refractivity contribution in [1.82, 2.24) is 0 Å². The smallest absolute Gasteiger partial charge is 0.404 e. The molecule has 19 heavy (non-hydrogen) atoms. The Bertz CT molecular complexity index is 435. The van der Waals surface area contributed by atoms with E-state index in [1.54, 1.807) is 19.9 Å². The molecule has 108 valence electrons. The molecule has 0 heterocycles. The van der Waals surface area contributed by atoms with Gasteiger partial charge in [0, 0.05) is 11.0 Å². The minimum Gasteiger partial charge on any atom is -0.404 e. The predicted octanol–water partition coefficient (Wildman–Crippen LogP) is 3.92. The molecule has 1 aromatic rings. The molecule has 0 aromatic heterocycles. The molecule has 1 unspecified atom stereocenters. The highest BCUT2D eigenvalue weighted by Gasteiger charge is 2.32. The first-order valence-corrected chi connectivity index (χ1v) is 6.44. The Morgan fingerprint density at radius 2 is 2.00 bits per heavy atom. The molecular formula is C12H15BrF3NO2. The number of halogens is 4. The Hall–Kier alpha value is -0.950. The second-order valence-corrected chi connectivity index (χ2v) is 5.31. The van der Waals surface area contributed by atoms with Crippen LogP contribution in [0, 0.1) is 0 Å². The summed E-state index contributed by atoms with van der Waals surface area (Å²) >= 11 is 3.08. The van der Waals surface area contributed by atoms with E-state index in [4.69, 9.17) is 0 Å². The van der Waals surface area contributed by atoms with Gasteiger partial charge in [-0.15, -0.1) is 13.2 Å². The average molecular weight is 342 g/mol. The molecule has 0 bridgehead atoms. The van der Waals surface area contributed by atoms with Crippen LogP contribution in [0.25, 0.3) is 0 Å². The van der Waals surface area contributed by atoms with Gasteiger partial charge in [0.15, 0.2) is 5.75 Å². The largest absolute Gasteiger partial charge is 0.573 e. The summed E-state index contributed by atoms with van der Waals surface area (Å²) < 4.78 is 41.2. The summed E-state index contributed by atoms with van der Waals surface area (Å²) in [5, 5.41) is 12.6. The molecule has 3 nitrogen and oxygen atoms in total. The number of anilines is 1. The maximum Gasteiger partial charge on any atom is 0.573 e. The molecule has 0 amide bonds. The molecule has 1 aromatic carbocycles. The SMILES string of the molecule is CCC(C)(O)CNc1ccc(Br)cc1OC(F)(F)F. The van der Waals surface area contributed by atoms with Gasteiger partial charge in [0.25, 0.3) is 0 Å². The van der Waals surface area contributed by atoms with Gasteiger partial charge in [-0.05, 0) is 31.5 Å². The first kappa shape index (κ1) is 16.1. The lowest BCUT2D eigenvalue weighted by molar-refractivity contribution is -0.274. The van der Waals surface area contributed by atoms with Gasteiger partial charge in [-0.1, -0.05) is 22.9 Å². The van der Waals surface area contributed by atoms with Crippen molar-refractivity contribution in [3.05, 3.63) is 22.7 Å². The highest BCUT2D eigenvalue weighted by Crippen LogP contribution is 2.33. The van der Waals surface area contributed by atoms with Crippen molar-refractivity contribution in [3.8, 4) is 5.75 Å². The van der Waals surface area contributed by atoms with Crippen LogP contribution in [-0.4, -0.2) is 23.6 Å². The molecular weight excluding hydrogens is 327 g/mol. The molecule has 0 saturated carbocycles. The van der Waals surface area contributed by atoms with Crippen molar-refractivity contribution in [1.29, 1.82) is 0 Å². The summed E-state index contributed by atoms with van der Waals surface area (Å²) in [6.07, 6.45) is -4.28. The Labute approximate surface area is 117 Å². The average Bonchev–Trinajstić information content (AvgIpc) is 2.26. The van der Waals surface area contributed by atoms with E-state index < -0.39 is 12.0 Å². The summed E-state index contributed by atoms with van der Waals surface area (Å²) in [5.74, 6) is -0.339. The number of hydrogen-bond donors (Lipinski definition) is 2. The van der Waals surface area contributed by atoms with Crippen molar-refractivity contribution < 1.29 is 23.0 Å². The van der Waals surface area contributed by atoms with Crippen molar-refractivity contribution >= 4 is 21.6 Å². The summed E-state index contributed by atoms with van der Waals surface area (Å²) in [5.41, 5.74) is -0.822. The van der Waals surface area contributed by atoms with E-state index in [1.165, 1.54) is 12.1 Å². The molecule has 0 saturated heterocycles. The van der Waals surface area contributed by atoms with Crippen LogP contribution in [0.5, 0.6) is 5.75 Å². The van der Waals surface area contributed by atoms with E-state index in [-0.39, 0.29) is 18.0 Å². The van der Waals surface area contributed by atoms with Crippen molar-refractivity contribution in [2.24, 2.45) is 0 Å². The number of nitrogens with one attached hydrogen (secondary N) is 1. The van der Waals surface area contributed by atoms with Gasteiger partial charge in [0.1, 0.15) is 0 Å². The van der Waals surface area contributed by atoms with Gasteiger partial charge in [-0.3, -0.25) is 0 Å². The number of aliphatic hydroxyl groups is 1. The molecule has 1 atom stereocenters. The normalized spacial score (nSPS) is 14.9. The van der Waals surface area contributed by atoms with Crippen LogP contribution in [-0.2, 0) is 0 Å². The van der Waals surface area contributed by atoms with E-state index in [0.29, 0.717) is 10.9 Å². The van der Waals surface area contributed by atoms with Crippen molar-refractivity contribution in [3.63, 3.8) is 0 Å². The second-order valence-electron chi connectivity index (χ2n) is 4.39. The molecule has 1 rings (SSSR count). The summed E-state index contributed by atoms with van der Waals surface area (Å²) in [6.45, 7) is 3.51. The van der Waals surface area contributed by atoms with Crippen molar-refractivity contribution in [2.45, 2.75) is 32.2 Å². The van der Waals surface area contributed by atoms with Crippen LogP contribution in [0.2, 0.25) is 0 Å². The Morgan fingerprint density at radius 1 is 1.37 bits per heavy atom. The number of hydrogen-bond acceptors (Lipinski definition) is 3. The van der Waals surface area contributed by atoms with Crippen LogP contribution >= 0.6 is 15.9 Å². The van der Waals surface area contributed by atoms with Gasteiger partial charge < -0.3 is 15.2 Å². The van der Waals surface area contributed by atoms with Gasteiger partial charge in [-0.2, -0.15) is 0 Å². The second kappa shape index (κ2) is 6.00. The standard InChI is InChI=1S/C12H15BrF3NO2/c1-3-11(2,18)7-17-9-5-4-8(13)6-10(9)19-12(14,15)16/h4-6,17-18H,3,7H2,1-2H3. The Morgan fingerprint density at radius 3 is 2.53 bits per heavy atom. The minimum absolute atomic E-state index is 0.124. The van der Waals surface area contributed by atoms with Gasteiger partial charge in [-0.25, -0.2) is 0 Å². The number of ether oxygens (including phenoxy) is 1. The zero-order chi connectivity index (χ0) is 14.7. The summed E-state index contributed by atoms with van der Waals surface area (Å²) in [6, 6.07) is 4.26. The lowest BCUT2D eigenvalue weighted by Gasteiger charge is -2.23. The van der Waals surface area contributed by atoms with E-state index in [0.717, 1.165) is 0 Å². The van der Waals surface area contributed by atoms with Gasteiger partial charge >= 0.3 is 6.36 Å². The Kier molecular flexibility index (Phi) is 5.09. The van der Waals surface area contributed by atoms with Crippen molar-refractivity contribution in [2.75, 3.05) is 11.9 Å². The number of alkyl halides is 3. The molecule has 0 aliphatic carbocycles. The first-order valence-electron chi connectivity index (χ1n) is 5.64. The fourth-order valence-electron chi connectivity index (χ4n) is 1.26. The first-order chi connectivity index (χ1) is 8.63. The van der Waals surface area contributed by atoms with Crippen LogP contribution in [0.1, 0.15) is 20.3 Å². The van der Waals surface area contributed by atoms with Gasteiger partial charge in [0.05, 0.1) is 11.3 Å². The van der Waals surface area contributed by atoms with E-state index in [2.05, 4.69) is 26.0 Å². The highest BCUT2D eigenvalue weighted by atomic mass is 79.9. The molecule has 0 aliphatic heterocycles. The molecule has 0 fully saturated rings. The molecule has 7 heteroatoms. The zero-order valence-corrected chi connectivity index (χ0v) is 12.1. The van der Waals surface area contributed by atoms with E-state index in [9.17, 15) is 18.3 Å². The third kappa shape index (κ3) is 5.69. The van der Waals surface area contributed by atoms with E-state index >= 15 is 0 Å². The third-order valence-corrected chi connectivity index (χ3v) is 3.08. The third-order valence-electron chi connectivity index (χ3n) is 2.59. The predicted molar refractivity (Wildman–Crippen MR) is 70.2 cm³/mol. The van der Waals surface area contributed by atoms with Crippen LogP contribution < -0.4 is 10.1 Å². The molecule has 2 N–H and O–H groups in total. The number of benzene rings is 1.